The topological polar surface area (TPSA) is 54.5 Å². The van der Waals surface area contributed by atoms with Gasteiger partial charge in [0.15, 0.2) is 5.76 Å². The molecular weight excluding hydrogens is 304 g/mol. The zero-order valence-corrected chi connectivity index (χ0v) is 14.7. The van der Waals surface area contributed by atoms with Crippen LogP contribution in [0.25, 0.3) is 0 Å². The normalized spacial score (nSPS) is 19.2. The highest BCUT2D eigenvalue weighted by atomic mass is 16.4. The minimum Gasteiger partial charge on any atom is -0.454 e. The molecule has 1 saturated heterocycles. The SMILES string of the molecule is CC[C@@H]1CN(C(=O)c2ccc(Cn3cccn3)o2)CCN1C(C)C. The summed E-state index contributed by atoms with van der Waals surface area (Å²) in [5.74, 6) is 1.16. The van der Waals surface area contributed by atoms with Crippen LogP contribution in [0.4, 0.5) is 0 Å². The van der Waals surface area contributed by atoms with Crippen LogP contribution in [-0.2, 0) is 6.54 Å². The van der Waals surface area contributed by atoms with Crippen LogP contribution in [0.15, 0.2) is 35.0 Å². The van der Waals surface area contributed by atoms with Gasteiger partial charge in [-0.3, -0.25) is 14.4 Å². The van der Waals surface area contributed by atoms with Gasteiger partial charge in [0.2, 0.25) is 0 Å². The minimum atomic E-state index is -0.0106. The van der Waals surface area contributed by atoms with Crippen molar-refractivity contribution < 1.29 is 9.21 Å². The molecule has 0 spiro atoms. The largest absolute Gasteiger partial charge is 0.454 e. The smallest absolute Gasteiger partial charge is 0.289 e. The Morgan fingerprint density at radius 1 is 1.38 bits per heavy atom. The first-order chi connectivity index (χ1) is 11.6. The van der Waals surface area contributed by atoms with E-state index in [0.29, 0.717) is 24.4 Å². The first kappa shape index (κ1) is 16.8. The summed E-state index contributed by atoms with van der Waals surface area (Å²) in [5.41, 5.74) is 0. The maximum absolute atomic E-state index is 12.7. The van der Waals surface area contributed by atoms with Gasteiger partial charge < -0.3 is 9.32 Å². The molecule has 0 N–H and O–H groups in total. The number of amides is 1. The highest BCUT2D eigenvalue weighted by Crippen LogP contribution is 2.19. The molecule has 0 radical (unpaired) electrons. The standard InChI is InChI=1S/C18H26N4O2/c1-4-15-12-20(10-11-22(15)14(2)3)18(23)17-7-6-16(24-17)13-21-9-5-8-19-21/h5-9,14-15H,4,10-13H2,1-3H3/t15-/m1/s1. The fraction of sp³-hybridized carbons (Fsp3) is 0.556. The molecule has 2 aromatic heterocycles. The predicted octanol–water partition coefficient (Wildman–Crippen LogP) is 2.47. The van der Waals surface area contributed by atoms with Crippen molar-refractivity contribution in [3.8, 4) is 0 Å². The van der Waals surface area contributed by atoms with Crippen LogP contribution < -0.4 is 0 Å². The van der Waals surface area contributed by atoms with Gasteiger partial charge in [0.25, 0.3) is 5.91 Å². The number of piperazine rings is 1. The van der Waals surface area contributed by atoms with Gasteiger partial charge in [0.1, 0.15) is 5.76 Å². The summed E-state index contributed by atoms with van der Waals surface area (Å²) >= 11 is 0. The van der Waals surface area contributed by atoms with Crippen LogP contribution in [-0.4, -0.2) is 57.2 Å². The van der Waals surface area contributed by atoms with Gasteiger partial charge in [-0.25, -0.2) is 0 Å². The van der Waals surface area contributed by atoms with Crippen molar-refractivity contribution in [1.29, 1.82) is 0 Å². The Balaban J connectivity index is 1.65. The second-order valence-electron chi connectivity index (χ2n) is 6.61. The summed E-state index contributed by atoms with van der Waals surface area (Å²) in [6.07, 6.45) is 4.65. The Morgan fingerprint density at radius 2 is 2.21 bits per heavy atom. The molecule has 6 heteroatoms. The van der Waals surface area contributed by atoms with Gasteiger partial charge in [0.05, 0.1) is 6.54 Å². The summed E-state index contributed by atoms with van der Waals surface area (Å²) in [7, 11) is 0. The van der Waals surface area contributed by atoms with E-state index in [1.165, 1.54) is 0 Å². The van der Waals surface area contributed by atoms with Gasteiger partial charge in [0, 0.05) is 44.1 Å². The maximum Gasteiger partial charge on any atom is 0.289 e. The number of hydrogen-bond donors (Lipinski definition) is 0. The van der Waals surface area contributed by atoms with E-state index in [1.807, 2.05) is 23.2 Å². The molecule has 130 valence electrons. The van der Waals surface area contributed by atoms with Gasteiger partial charge in [-0.15, -0.1) is 0 Å². The number of carbonyl (C=O) groups is 1. The van der Waals surface area contributed by atoms with Crippen molar-refractivity contribution in [2.24, 2.45) is 0 Å². The van der Waals surface area contributed by atoms with E-state index in [1.54, 1.807) is 16.9 Å². The summed E-state index contributed by atoms with van der Waals surface area (Å²) in [6, 6.07) is 6.43. The lowest BCUT2D eigenvalue weighted by Crippen LogP contribution is -2.56. The van der Waals surface area contributed by atoms with Crippen molar-refractivity contribution >= 4 is 5.91 Å². The first-order valence-corrected chi connectivity index (χ1v) is 8.69. The van der Waals surface area contributed by atoms with E-state index in [0.717, 1.165) is 31.8 Å². The first-order valence-electron chi connectivity index (χ1n) is 8.69. The van der Waals surface area contributed by atoms with Crippen molar-refractivity contribution in [2.45, 2.75) is 45.8 Å². The Morgan fingerprint density at radius 3 is 2.88 bits per heavy atom. The second kappa shape index (κ2) is 7.21. The molecule has 1 fully saturated rings. The van der Waals surface area contributed by atoms with E-state index >= 15 is 0 Å². The molecule has 1 aliphatic heterocycles. The zero-order chi connectivity index (χ0) is 17.1. The Labute approximate surface area is 143 Å². The Hall–Kier alpha value is -2.08. The van der Waals surface area contributed by atoms with Crippen LogP contribution in [0.1, 0.15) is 43.5 Å². The quantitative estimate of drug-likeness (QED) is 0.845. The van der Waals surface area contributed by atoms with Crippen molar-refractivity contribution in [1.82, 2.24) is 19.6 Å². The molecule has 24 heavy (non-hydrogen) atoms. The molecule has 0 aromatic carbocycles. The molecule has 0 aliphatic carbocycles. The monoisotopic (exact) mass is 330 g/mol. The van der Waals surface area contributed by atoms with Gasteiger partial charge >= 0.3 is 0 Å². The molecule has 0 unspecified atom stereocenters. The molecule has 0 bridgehead atoms. The molecule has 3 heterocycles. The second-order valence-corrected chi connectivity index (χ2v) is 6.61. The lowest BCUT2D eigenvalue weighted by molar-refractivity contribution is 0.0348. The molecule has 1 atom stereocenters. The summed E-state index contributed by atoms with van der Waals surface area (Å²) < 4.78 is 7.53. The number of rotatable bonds is 5. The number of aromatic nitrogens is 2. The van der Waals surface area contributed by atoms with E-state index in [-0.39, 0.29) is 5.91 Å². The molecule has 0 saturated carbocycles. The highest BCUT2D eigenvalue weighted by molar-refractivity contribution is 5.91. The van der Waals surface area contributed by atoms with Crippen LogP contribution >= 0.6 is 0 Å². The Kier molecular flexibility index (Phi) is 5.04. The molecule has 6 nitrogen and oxygen atoms in total. The fourth-order valence-electron chi connectivity index (χ4n) is 3.38. The molecule has 1 aliphatic rings. The van der Waals surface area contributed by atoms with Crippen LogP contribution in [0.3, 0.4) is 0 Å². The van der Waals surface area contributed by atoms with E-state index in [9.17, 15) is 4.79 Å². The fourth-order valence-corrected chi connectivity index (χ4v) is 3.38. The third-order valence-corrected chi connectivity index (χ3v) is 4.70. The highest BCUT2D eigenvalue weighted by Gasteiger charge is 2.31. The lowest BCUT2D eigenvalue weighted by Gasteiger charge is -2.43. The average Bonchev–Trinajstić information content (AvgIpc) is 3.26. The van der Waals surface area contributed by atoms with Crippen molar-refractivity contribution in [3.05, 3.63) is 42.1 Å². The van der Waals surface area contributed by atoms with E-state index < -0.39 is 0 Å². The summed E-state index contributed by atoms with van der Waals surface area (Å²) in [4.78, 5) is 17.1. The van der Waals surface area contributed by atoms with Gasteiger partial charge in [-0.2, -0.15) is 5.10 Å². The number of carbonyl (C=O) groups excluding carboxylic acids is 1. The van der Waals surface area contributed by atoms with Crippen LogP contribution in [0.5, 0.6) is 0 Å². The van der Waals surface area contributed by atoms with Gasteiger partial charge in [-0.1, -0.05) is 6.92 Å². The molecule has 3 rings (SSSR count). The third-order valence-electron chi connectivity index (χ3n) is 4.70. The maximum atomic E-state index is 12.7. The average molecular weight is 330 g/mol. The minimum absolute atomic E-state index is 0.0106. The summed E-state index contributed by atoms with van der Waals surface area (Å²) in [6.45, 7) is 9.60. The number of furan rings is 1. The number of hydrogen-bond acceptors (Lipinski definition) is 4. The molecule has 2 aromatic rings. The predicted molar refractivity (Wildman–Crippen MR) is 91.9 cm³/mol. The third kappa shape index (κ3) is 3.53. The lowest BCUT2D eigenvalue weighted by atomic mass is 10.1. The molecular formula is C18H26N4O2. The molecule has 1 amide bonds. The van der Waals surface area contributed by atoms with Crippen molar-refractivity contribution in [3.63, 3.8) is 0 Å². The van der Waals surface area contributed by atoms with E-state index in [2.05, 4.69) is 30.8 Å². The van der Waals surface area contributed by atoms with Crippen LogP contribution in [0, 0.1) is 0 Å². The van der Waals surface area contributed by atoms with Crippen LogP contribution in [0.2, 0.25) is 0 Å². The zero-order valence-electron chi connectivity index (χ0n) is 14.7. The van der Waals surface area contributed by atoms with E-state index in [4.69, 9.17) is 4.42 Å². The number of nitrogens with zero attached hydrogens (tertiary/aromatic N) is 4. The van der Waals surface area contributed by atoms with Crippen molar-refractivity contribution in [2.75, 3.05) is 19.6 Å². The van der Waals surface area contributed by atoms with Gasteiger partial charge in [-0.05, 0) is 38.5 Å². The Bertz CT molecular complexity index is 662. The summed E-state index contributed by atoms with van der Waals surface area (Å²) in [5, 5.41) is 4.16.